The molecule has 0 aliphatic carbocycles. The monoisotopic (exact) mass is 292 g/mol. The fourth-order valence-electron chi connectivity index (χ4n) is 1.42. The van der Waals surface area contributed by atoms with Crippen LogP contribution in [0.2, 0.25) is 0 Å². The van der Waals surface area contributed by atoms with Crippen LogP contribution in [0.4, 0.5) is 0 Å². The van der Waals surface area contributed by atoms with Crippen molar-refractivity contribution in [2.75, 3.05) is 33.4 Å². The average Bonchev–Trinajstić information content (AvgIpc) is 2.82. The number of nitrogens with zero attached hydrogens (tertiary/aromatic N) is 2. The Morgan fingerprint density at radius 1 is 1.61 bits per heavy atom. The molecular formula is C11H17ClN2O3S. The summed E-state index contributed by atoms with van der Waals surface area (Å²) in [7, 11) is 1.58. The fraction of sp³-hybridized carbons (Fsp3) is 0.636. The predicted octanol–water partition coefficient (Wildman–Crippen LogP) is 0.892. The molecule has 1 rings (SSSR count). The lowest BCUT2D eigenvalue weighted by Gasteiger charge is -2.20. The number of carbonyl (C=O) groups excluding carboxylic acids is 1. The van der Waals surface area contributed by atoms with E-state index in [1.54, 1.807) is 12.0 Å². The average molecular weight is 293 g/mol. The number of rotatable bonds is 8. The number of halogens is 1. The molecule has 102 valence electrons. The lowest BCUT2D eigenvalue weighted by atomic mass is 10.3. The van der Waals surface area contributed by atoms with E-state index in [2.05, 4.69) is 4.98 Å². The van der Waals surface area contributed by atoms with Crippen LogP contribution in [0.5, 0.6) is 0 Å². The van der Waals surface area contributed by atoms with E-state index in [-0.39, 0.29) is 18.9 Å². The first-order valence-electron chi connectivity index (χ1n) is 5.58. The molecule has 0 saturated heterocycles. The van der Waals surface area contributed by atoms with Gasteiger partial charge in [0.2, 0.25) is 5.91 Å². The number of hydrogen-bond donors (Lipinski definition) is 1. The Kier molecular flexibility index (Phi) is 7.19. The summed E-state index contributed by atoms with van der Waals surface area (Å²) in [6, 6.07) is 0. The molecule has 7 heteroatoms. The number of carbonyl (C=O) groups is 1. The number of aromatic nitrogens is 1. The summed E-state index contributed by atoms with van der Waals surface area (Å²) in [5.41, 5.74) is 0.787. The summed E-state index contributed by atoms with van der Waals surface area (Å²) in [5, 5.41) is 11.5. The van der Waals surface area contributed by atoms with Crippen LogP contribution in [-0.4, -0.2) is 54.3 Å². The van der Waals surface area contributed by atoms with Crippen molar-refractivity contribution in [3.05, 3.63) is 16.1 Å². The minimum absolute atomic E-state index is 0.0553. The molecule has 18 heavy (non-hydrogen) atoms. The zero-order valence-electron chi connectivity index (χ0n) is 10.3. The maximum absolute atomic E-state index is 12.0. The van der Waals surface area contributed by atoms with Gasteiger partial charge in [-0.05, 0) is 0 Å². The van der Waals surface area contributed by atoms with Crippen molar-refractivity contribution >= 4 is 28.8 Å². The van der Waals surface area contributed by atoms with Crippen molar-refractivity contribution in [2.24, 2.45) is 0 Å². The number of amides is 1. The molecule has 0 fully saturated rings. The fourth-order valence-corrected chi connectivity index (χ4v) is 2.43. The third-order valence-corrected chi connectivity index (χ3v) is 3.50. The summed E-state index contributed by atoms with van der Waals surface area (Å²) in [5.74, 6) is 0.297. The Morgan fingerprint density at radius 2 is 2.39 bits per heavy atom. The van der Waals surface area contributed by atoms with Crippen LogP contribution in [0.25, 0.3) is 0 Å². The van der Waals surface area contributed by atoms with Crippen LogP contribution in [0.1, 0.15) is 10.7 Å². The molecule has 1 heterocycles. The van der Waals surface area contributed by atoms with E-state index in [0.29, 0.717) is 25.6 Å². The van der Waals surface area contributed by atoms with E-state index in [1.807, 2.05) is 5.38 Å². The summed E-state index contributed by atoms with van der Waals surface area (Å²) in [6.45, 7) is 1.19. The molecule has 0 atom stereocenters. The van der Waals surface area contributed by atoms with Gasteiger partial charge in [-0.25, -0.2) is 4.98 Å². The van der Waals surface area contributed by atoms with Crippen molar-refractivity contribution in [1.82, 2.24) is 9.88 Å². The molecular weight excluding hydrogens is 276 g/mol. The van der Waals surface area contributed by atoms with Gasteiger partial charge in [-0.1, -0.05) is 0 Å². The van der Waals surface area contributed by atoms with Gasteiger partial charge >= 0.3 is 0 Å². The molecule has 0 aromatic carbocycles. The summed E-state index contributed by atoms with van der Waals surface area (Å²) in [6.07, 6.45) is 0.241. The normalized spacial score (nSPS) is 10.6. The molecule has 0 aliphatic heterocycles. The highest BCUT2D eigenvalue weighted by atomic mass is 35.5. The Balaban J connectivity index is 2.54. The van der Waals surface area contributed by atoms with Crippen LogP contribution >= 0.6 is 22.9 Å². The van der Waals surface area contributed by atoms with Gasteiger partial charge in [0.25, 0.3) is 0 Å². The number of aliphatic hydroxyl groups is 1. The van der Waals surface area contributed by atoms with Crippen molar-refractivity contribution < 1.29 is 14.6 Å². The van der Waals surface area contributed by atoms with Crippen LogP contribution in [0.15, 0.2) is 5.38 Å². The van der Waals surface area contributed by atoms with E-state index in [0.717, 1.165) is 10.7 Å². The quantitative estimate of drug-likeness (QED) is 0.723. The van der Waals surface area contributed by atoms with Crippen LogP contribution in [-0.2, 0) is 21.8 Å². The second-order valence-corrected chi connectivity index (χ2v) is 4.85. The number of alkyl halides is 1. The van der Waals surface area contributed by atoms with Gasteiger partial charge in [-0.3, -0.25) is 4.79 Å². The van der Waals surface area contributed by atoms with Gasteiger partial charge in [0.1, 0.15) is 5.01 Å². The van der Waals surface area contributed by atoms with E-state index < -0.39 is 0 Å². The van der Waals surface area contributed by atoms with Crippen LogP contribution < -0.4 is 0 Å². The van der Waals surface area contributed by atoms with Gasteiger partial charge in [-0.2, -0.15) is 0 Å². The summed E-state index contributed by atoms with van der Waals surface area (Å²) in [4.78, 5) is 17.8. The second kappa shape index (κ2) is 8.42. The van der Waals surface area contributed by atoms with Crippen molar-refractivity contribution in [2.45, 2.75) is 12.3 Å². The zero-order valence-corrected chi connectivity index (χ0v) is 11.8. The van der Waals surface area contributed by atoms with Gasteiger partial charge < -0.3 is 14.7 Å². The van der Waals surface area contributed by atoms with E-state index in [1.165, 1.54) is 11.3 Å². The number of hydrogen-bond acceptors (Lipinski definition) is 5. The largest absolute Gasteiger partial charge is 0.395 e. The Morgan fingerprint density at radius 3 is 2.94 bits per heavy atom. The van der Waals surface area contributed by atoms with Crippen LogP contribution in [0.3, 0.4) is 0 Å². The molecule has 0 saturated carbocycles. The van der Waals surface area contributed by atoms with E-state index >= 15 is 0 Å². The smallest absolute Gasteiger partial charge is 0.229 e. The first kappa shape index (κ1) is 15.4. The van der Waals surface area contributed by atoms with E-state index in [9.17, 15) is 4.79 Å². The van der Waals surface area contributed by atoms with Gasteiger partial charge in [0.05, 0.1) is 31.2 Å². The molecule has 0 aliphatic rings. The molecule has 0 radical (unpaired) electrons. The molecule has 1 N–H and O–H groups in total. The third-order valence-electron chi connectivity index (χ3n) is 2.33. The highest BCUT2D eigenvalue weighted by Gasteiger charge is 2.15. The van der Waals surface area contributed by atoms with Crippen molar-refractivity contribution in [3.63, 3.8) is 0 Å². The first-order valence-corrected chi connectivity index (χ1v) is 6.99. The van der Waals surface area contributed by atoms with E-state index in [4.69, 9.17) is 21.4 Å². The second-order valence-electron chi connectivity index (χ2n) is 3.64. The van der Waals surface area contributed by atoms with Gasteiger partial charge in [0, 0.05) is 25.6 Å². The molecule has 0 unspecified atom stereocenters. The highest BCUT2D eigenvalue weighted by molar-refractivity contribution is 7.09. The lowest BCUT2D eigenvalue weighted by molar-refractivity contribution is -0.131. The molecule has 1 aromatic heterocycles. The SMILES string of the molecule is COCCN(CCO)C(=O)Cc1nc(CCl)cs1. The summed E-state index contributed by atoms with van der Waals surface area (Å²) >= 11 is 7.08. The topological polar surface area (TPSA) is 62.7 Å². The first-order chi connectivity index (χ1) is 8.71. The highest BCUT2D eigenvalue weighted by Crippen LogP contribution is 2.13. The van der Waals surface area contributed by atoms with Gasteiger partial charge in [-0.15, -0.1) is 22.9 Å². The molecule has 0 spiro atoms. The van der Waals surface area contributed by atoms with Crippen LogP contribution in [0, 0.1) is 0 Å². The standard InChI is InChI=1S/C11H17ClN2O3S/c1-17-5-3-14(2-4-15)11(16)6-10-13-9(7-12)8-18-10/h8,15H,2-7H2,1H3. The molecule has 0 bridgehead atoms. The number of ether oxygens (including phenoxy) is 1. The lowest BCUT2D eigenvalue weighted by Crippen LogP contribution is -2.37. The zero-order chi connectivity index (χ0) is 13.4. The minimum atomic E-state index is -0.0587. The summed E-state index contributed by atoms with van der Waals surface area (Å²) < 4.78 is 4.93. The predicted molar refractivity (Wildman–Crippen MR) is 70.9 cm³/mol. The number of aliphatic hydroxyl groups excluding tert-OH is 1. The third kappa shape index (κ3) is 4.89. The maximum atomic E-state index is 12.0. The molecule has 1 aromatic rings. The maximum Gasteiger partial charge on any atom is 0.229 e. The molecule has 5 nitrogen and oxygen atoms in total. The Labute approximate surface area is 115 Å². The number of thiazole rings is 1. The minimum Gasteiger partial charge on any atom is -0.395 e. The Hall–Kier alpha value is -0.690. The van der Waals surface area contributed by atoms with Gasteiger partial charge in [0.15, 0.2) is 0 Å². The van der Waals surface area contributed by atoms with Crippen molar-refractivity contribution in [1.29, 1.82) is 0 Å². The molecule has 1 amide bonds. The Bertz CT molecular complexity index is 373. The van der Waals surface area contributed by atoms with Crippen molar-refractivity contribution in [3.8, 4) is 0 Å². The number of methoxy groups -OCH3 is 1.